The fourth-order valence-corrected chi connectivity index (χ4v) is 4.45. The monoisotopic (exact) mass is 407 g/mol. The number of carbonyl (C=O) groups excluding carboxylic acids is 1. The molecular formula is C22H25N5OS. The third-order valence-corrected chi connectivity index (χ3v) is 6.14. The lowest BCUT2D eigenvalue weighted by molar-refractivity contribution is -0.119. The van der Waals surface area contributed by atoms with Gasteiger partial charge in [0.1, 0.15) is 0 Å². The first-order valence-corrected chi connectivity index (χ1v) is 11.0. The molecule has 2 heterocycles. The summed E-state index contributed by atoms with van der Waals surface area (Å²) < 4.78 is 2.03. The van der Waals surface area contributed by atoms with Crippen LogP contribution in [0.25, 0.3) is 17.1 Å². The molecule has 29 heavy (non-hydrogen) atoms. The average molecular weight is 408 g/mol. The topological polar surface area (TPSA) is 72.7 Å². The van der Waals surface area contributed by atoms with Gasteiger partial charge in [0.2, 0.25) is 5.91 Å². The molecule has 7 heteroatoms. The van der Waals surface area contributed by atoms with Gasteiger partial charge in [-0.3, -0.25) is 14.3 Å². The van der Waals surface area contributed by atoms with Crippen LogP contribution < -0.4 is 5.32 Å². The normalized spacial score (nSPS) is 14.3. The second-order valence-electron chi connectivity index (χ2n) is 7.51. The summed E-state index contributed by atoms with van der Waals surface area (Å²) in [7, 11) is 0. The van der Waals surface area contributed by atoms with Crippen molar-refractivity contribution in [2.24, 2.45) is 0 Å². The van der Waals surface area contributed by atoms with Crippen molar-refractivity contribution >= 4 is 17.7 Å². The number of nitrogens with zero attached hydrogens (tertiary/aromatic N) is 4. The standard InChI is InChI=1S/C22H25N5OS/c1-15-9-10-16(2)19(12-15)27-21(17-6-5-11-23-13-17)25-26-22(27)29-14-20(28)24-18-7-3-4-8-18/h5-6,9-13,18H,3-4,7-8,14H2,1-2H3,(H,24,28). The zero-order chi connectivity index (χ0) is 20.2. The zero-order valence-corrected chi connectivity index (χ0v) is 17.6. The van der Waals surface area contributed by atoms with Crippen molar-refractivity contribution in [3.63, 3.8) is 0 Å². The fraction of sp³-hybridized carbons (Fsp3) is 0.364. The van der Waals surface area contributed by atoms with Crippen LogP contribution in [0.3, 0.4) is 0 Å². The number of pyridine rings is 1. The molecule has 150 valence electrons. The molecule has 1 N–H and O–H groups in total. The Morgan fingerprint density at radius 1 is 1.21 bits per heavy atom. The number of rotatable bonds is 6. The van der Waals surface area contributed by atoms with Gasteiger partial charge in [0, 0.05) is 24.0 Å². The number of nitrogens with one attached hydrogen (secondary N) is 1. The van der Waals surface area contributed by atoms with Crippen LogP contribution >= 0.6 is 11.8 Å². The highest BCUT2D eigenvalue weighted by atomic mass is 32.2. The van der Waals surface area contributed by atoms with E-state index in [0.29, 0.717) is 17.0 Å². The van der Waals surface area contributed by atoms with Crippen LogP contribution in [0.2, 0.25) is 0 Å². The van der Waals surface area contributed by atoms with E-state index >= 15 is 0 Å². The highest BCUT2D eigenvalue weighted by Crippen LogP contribution is 2.29. The lowest BCUT2D eigenvalue weighted by atomic mass is 10.1. The van der Waals surface area contributed by atoms with E-state index in [1.165, 1.54) is 24.6 Å². The molecule has 0 radical (unpaired) electrons. The zero-order valence-electron chi connectivity index (χ0n) is 16.8. The van der Waals surface area contributed by atoms with Gasteiger partial charge in [-0.25, -0.2) is 0 Å². The van der Waals surface area contributed by atoms with E-state index in [1.54, 1.807) is 12.4 Å². The van der Waals surface area contributed by atoms with Crippen molar-refractivity contribution < 1.29 is 4.79 Å². The molecule has 6 nitrogen and oxygen atoms in total. The number of thioether (sulfide) groups is 1. The predicted octanol–water partition coefficient (Wildman–Crippen LogP) is 4.10. The molecule has 2 aromatic heterocycles. The fourth-order valence-electron chi connectivity index (χ4n) is 3.69. The molecule has 1 aromatic carbocycles. The predicted molar refractivity (Wildman–Crippen MR) is 115 cm³/mol. The maximum absolute atomic E-state index is 12.4. The van der Waals surface area contributed by atoms with E-state index in [-0.39, 0.29) is 5.91 Å². The van der Waals surface area contributed by atoms with Crippen LogP contribution in [0, 0.1) is 13.8 Å². The number of aryl methyl sites for hydroxylation is 2. The molecule has 0 spiro atoms. The van der Waals surface area contributed by atoms with Crippen LogP contribution in [0.4, 0.5) is 0 Å². The largest absolute Gasteiger partial charge is 0.353 e. The highest BCUT2D eigenvalue weighted by molar-refractivity contribution is 7.99. The van der Waals surface area contributed by atoms with Gasteiger partial charge in [-0.15, -0.1) is 10.2 Å². The Kier molecular flexibility index (Phi) is 5.94. The number of aromatic nitrogens is 4. The van der Waals surface area contributed by atoms with Crippen LogP contribution in [0.15, 0.2) is 47.9 Å². The Morgan fingerprint density at radius 3 is 2.79 bits per heavy atom. The smallest absolute Gasteiger partial charge is 0.230 e. The molecule has 0 atom stereocenters. The van der Waals surface area contributed by atoms with Crippen molar-refractivity contribution in [3.8, 4) is 17.1 Å². The Labute approximate surface area is 175 Å². The summed E-state index contributed by atoms with van der Waals surface area (Å²) in [6.45, 7) is 4.14. The molecule has 4 rings (SSSR count). The van der Waals surface area contributed by atoms with Gasteiger partial charge < -0.3 is 5.32 Å². The van der Waals surface area contributed by atoms with Crippen LogP contribution in [0.1, 0.15) is 36.8 Å². The third kappa shape index (κ3) is 4.50. The molecule has 0 aliphatic heterocycles. The van der Waals surface area contributed by atoms with Gasteiger partial charge in [-0.05, 0) is 56.0 Å². The minimum atomic E-state index is 0.0559. The SMILES string of the molecule is Cc1ccc(C)c(-n2c(SCC(=O)NC3CCCC3)nnc2-c2cccnc2)c1. The summed E-state index contributed by atoms with van der Waals surface area (Å²) in [4.78, 5) is 16.6. The van der Waals surface area contributed by atoms with Crippen molar-refractivity contribution in [2.75, 3.05) is 5.75 Å². The van der Waals surface area contributed by atoms with E-state index in [4.69, 9.17) is 0 Å². The van der Waals surface area contributed by atoms with E-state index in [0.717, 1.165) is 41.0 Å². The summed E-state index contributed by atoms with van der Waals surface area (Å²) in [5.41, 5.74) is 4.19. The second kappa shape index (κ2) is 8.78. The lowest BCUT2D eigenvalue weighted by Gasteiger charge is -2.14. The maximum atomic E-state index is 12.4. The summed E-state index contributed by atoms with van der Waals surface area (Å²) in [5.74, 6) is 1.11. The van der Waals surface area contributed by atoms with Crippen LogP contribution in [-0.2, 0) is 4.79 Å². The lowest BCUT2D eigenvalue weighted by Crippen LogP contribution is -2.33. The summed E-state index contributed by atoms with van der Waals surface area (Å²) >= 11 is 1.42. The summed E-state index contributed by atoms with van der Waals surface area (Å²) in [6, 6.07) is 10.5. The second-order valence-corrected chi connectivity index (χ2v) is 8.45. The average Bonchev–Trinajstić information content (AvgIpc) is 3.38. The van der Waals surface area contributed by atoms with Gasteiger partial charge in [0.15, 0.2) is 11.0 Å². The Bertz CT molecular complexity index is 996. The molecule has 1 amide bonds. The molecule has 0 unspecified atom stereocenters. The van der Waals surface area contributed by atoms with E-state index < -0.39 is 0 Å². The Morgan fingerprint density at radius 2 is 2.03 bits per heavy atom. The first kappa shape index (κ1) is 19.6. The van der Waals surface area contributed by atoms with Gasteiger partial charge in [-0.2, -0.15) is 0 Å². The van der Waals surface area contributed by atoms with E-state index in [1.807, 2.05) is 16.7 Å². The van der Waals surface area contributed by atoms with Crippen molar-refractivity contribution in [1.29, 1.82) is 0 Å². The highest BCUT2D eigenvalue weighted by Gasteiger charge is 2.21. The number of amides is 1. The molecule has 1 fully saturated rings. The molecule has 0 bridgehead atoms. The van der Waals surface area contributed by atoms with Crippen LogP contribution in [-0.4, -0.2) is 37.5 Å². The number of hydrogen-bond donors (Lipinski definition) is 1. The minimum Gasteiger partial charge on any atom is -0.353 e. The van der Waals surface area contributed by atoms with E-state index in [9.17, 15) is 4.79 Å². The first-order valence-electron chi connectivity index (χ1n) is 9.97. The number of carbonyl (C=O) groups is 1. The van der Waals surface area contributed by atoms with Gasteiger partial charge in [0.25, 0.3) is 0 Å². The molecule has 1 saturated carbocycles. The third-order valence-electron chi connectivity index (χ3n) is 5.21. The molecule has 0 saturated heterocycles. The summed E-state index contributed by atoms with van der Waals surface area (Å²) in [5, 5.41) is 12.7. The van der Waals surface area contributed by atoms with Crippen molar-refractivity contribution in [2.45, 2.75) is 50.7 Å². The Balaban J connectivity index is 1.64. The van der Waals surface area contributed by atoms with Crippen molar-refractivity contribution in [3.05, 3.63) is 53.9 Å². The first-order chi connectivity index (χ1) is 14.1. The minimum absolute atomic E-state index is 0.0559. The van der Waals surface area contributed by atoms with Gasteiger partial charge >= 0.3 is 0 Å². The van der Waals surface area contributed by atoms with Gasteiger partial charge in [-0.1, -0.05) is 36.7 Å². The number of benzene rings is 1. The summed E-state index contributed by atoms with van der Waals surface area (Å²) in [6.07, 6.45) is 8.10. The van der Waals surface area contributed by atoms with Gasteiger partial charge in [0.05, 0.1) is 11.4 Å². The molecule has 1 aliphatic carbocycles. The maximum Gasteiger partial charge on any atom is 0.230 e. The Hall–Kier alpha value is -2.67. The molecular weight excluding hydrogens is 382 g/mol. The van der Waals surface area contributed by atoms with Crippen molar-refractivity contribution in [1.82, 2.24) is 25.1 Å². The molecule has 1 aliphatic rings. The van der Waals surface area contributed by atoms with Crippen LogP contribution in [0.5, 0.6) is 0 Å². The van der Waals surface area contributed by atoms with E-state index in [2.05, 4.69) is 52.5 Å². The quantitative estimate of drug-likeness (QED) is 0.623. The molecule has 3 aromatic rings. The number of hydrogen-bond acceptors (Lipinski definition) is 5.